The van der Waals surface area contributed by atoms with Gasteiger partial charge < -0.3 is 10.2 Å². The number of nitrogens with zero attached hydrogens (tertiary/aromatic N) is 2. The van der Waals surface area contributed by atoms with E-state index < -0.39 is 0 Å². The average Bonchev–Trinajstić information content (AvgIpc) is 2.52. The Morgan fingerprint density at radius 1 is 1.28 bits per heavy atom. The first-order valence-electron chi connectivity index (χ1n) is 6.77. The number of anilines is 2. The summed E-state index contributed by atoms with van der Waals surface area (Å²) in [6.07, 6.45) is 4.48. The van der Waals surface area contributed by atoms with Crippen LogP contribution in [0.1, 0.15) is 33.6 Å². The molecule has 1 N–H and O–H groups in total. The molecule has 1 aromatic rings. The van der Waals surface area contributed by atoms with Crippen molar-refractivity contribution in [2.45, 2.75) is 39.7 Å². The first-order valence-corrected chi connectivity index (χ1v) is 6.77. The predicted octanol–water partition coefficient (Wildman–Crippen LogP) is 3.38. The van der Waals surface area contributed by atoms with Crippen molar-refractivity contribution in [2.75, 3.05) is 24.3 Å². The fraction of sp³-hybridized carbons (Fsp3) is 0.667. The lowest BCUT2D eigenvalue weighted by Crippen LogP contribution is -2.22. The van der Waals surface area contributed by atoms with Crippen molar-refractivity contribution in [3.05, 3.63) is 18.3 Å². The van der Waals surface area contributed by atoms with Gasteiger partial charge in [0.25, 0.3) is 0 Å². The lowest BCUT2D eigenvalue weighted by atomic mass is 9.91. The van der Waals surface area contributed by atoms with Crippen LogP contribution in [-0.2, 0) is 0 Å². The monoisotopic (exact) mass is 247 g/mol. The molecule has 0 saturated heterocycles. The lowest BCUT2D eigenvalue weighted by Gasteiger charge is -2.20. The molecule has 1 aliphatic rings. The van der Waals surface area contributed by atoms with Gasteiger partial charge >= 0.3 is 0 Å². The molecule has 1 aliphatic carbocycles. The molecule has 0 radical (unpaired) electrons. The van der Waals surface area contributed by atoms with E-state index in [0.717, 1.165) is 17.4 Å². The highest BCUT2D eigenvalue weighted by Crippen LogP contribution is 2.42. The highest BCUT2D eigenvalue weighted by molar-refractivity contribution is 5.48. The van der Waals surface area contributed by atoms with Crippen molar-refractivity contribution < 1.29 is 0 Å². The van der Waals surface area contributed by atoms with E-state index in [1.54, 1.807) is 0 Å². The molecular weight excluding hydrogens is 222 g/mol. The molecule has 2 unspecified atom stereocenters. The molecule has 1 aromatic heterocycles. The van der Waals surface area contributed by atoms with Gasteiger partial charge in [-0.2, -0.15) is 0 Å². The van der Waals surface area contributed by atoms with Crippen LogP contribution in [0.5, 0.6) is 0 Å². The van der Waals surface area contributed by atoms with E-state index in [1.807, 2.05) is 25.2 Å². The minimum Gasteiger partial charge on any atom is -0.381 e. The molecule has 2 rings (SSSR count). The quantitative estimate of drug-likeness (QED) is 0.887. The molecule has 0 spiro atoms. The van der Waals surface area contributed by atoms with Crippen LogP contribution in [0.3, 0.4) is 0 Å². The maximum atomic E-state index is 4.45. The van der Waals surface area contributed by atoms with Gasteiger partial charge in [-0.25, -0.2) is 4.98 Å². The van der Waals surface area contributed by atoms with Crippen molar-refractivity contribution >= 4 is 11.5 Å². The molecule has 1 heterocycles. The molecule has 3 nitrogen and oxygen atoms in total. The summed E-state index contributed by atoms with van der Waals surface area (Å²) in [4.78, 5) is 6.46. The predicted molar refractivity (Wildman–Crippen MR) is 78.2 cm³/mol. The highest BCUT2D eigenvalue weighted by atomic mass is 15.1. The number of rotatable bonds is 3. The molecule has 1 fully saturated rings. The van der Waals surface area contributed by atoms with Crippen molar-refractivity contribution in [1.29, 1.82) is 0 Å². The van der Waals surface area contributed by atoms with Gasteiger partial charge in [-0.05, 0) is 36.3 Å². The third-order valence-electron chi connectivity index (χ3n) is 3.89. The van der Waals surface area contributed by atoms with E-state index in [-0.39, 0.29) is 0 Å². The van der Waals surface area contributed by atoms with Crippen LogP contribution in [0, 0.1) is 11.3 Å². The number of nitrogens with one attached hydrogen (secondary N) is 1. The molecule has 0 aliphatic heterocycles. The van der Waals surface area contributed by atoms with Crippen LogP contribution in [0.4, 0.5) is 11.5 Å². The van der Waals surface area contributed by atoms with Gasteiger partial charge in [0.2, 0.25) is 0 Å². The minimum atomic E-state index is 0.466. The minimum absolute atomic E-state index is 0.466. The van der Waals surface area contributed by atoms with Gasteiger partial charge in [0.05, 0.1) is 11.9 Å². The van der Waals surface area contributed by atoms with Crippen molar-refractivity contribution in [1.82, 2.24) is 4.98 Å². The number of hydrogen-bond acceptors (Lipinski definition) is 3. The standard InChI is InChI=1S/C15H25N3/c1-11-8-15(2,3)9-13(11)17-12-6-7-14(16-10-12)18(4)5/h6-7,10-11,13,17H,8-9H2,1-5H3. The Hall–Kier alpha value is -1.25. The van der Waals surface area contributed by atoms with E-state index in [9.17, 15) is 0 Å². The van der Waals surface area contributed by atoms with Crippen LogP contribution in [-0.4, -0.2) is 25.1 Å². The fourth-order valence-electron chi connectivity index (χ4n) is 3.04. The number of aromatic nitrogens is 1. The first kappa shape index (κ1) is 13.2. The Kier molecular flexibility index (Phi) is 3.51. The summed E-state index contributed by atoms with van der Waals surface area (Å²) in [6, 6.07) is 4.76. The summed E-state index contributed by atoms with van der Waals surface area (Å²) in [5.74, 6) is 1.73. The molecule has 0 amide bonds. The maximum Gasteiger partial charge on any atom is 0.128 e. The zero-order valence-electron chi connectivity index (χ0n) is 12.2. The van der Waals surface area contributed by atoms with Gasteiger partial charge in [-0.1, -0.05) is 20.8 Å². The van der Waals surface area contributed by atoms with Crippen molar-refractivity contribution in [2.24, 2.45) is 11.3 Å². The summed E-state index contributed by atoms with van der Waals surface area (Å²) in [5, 5.41) is 3.63. The Bertz CT molecular complexity index is 395. The number of pyridine rings is 1. The highest BCUT2D eigenvalue weighted by Gasteiger charge is 2.36. The van der Waals surface area contributed by atoms with E-state index in [0.29, 0.717) is 11.5 Å². The summed E-state index contributed by atoms with van der Waals surface area (Å²) in [6.45, 7) is 7.06. The Balaban J connectivity index is 2.02. The topological polar surface area (TPSA) is 28.2 Å². The van der Waals surface area contributed by atoms with Gasteiger partial charge in [-0.3, -0.25) is 0 Å². The Morgan fingerprint density at radius 3 is 2.44 bits per heavy atom. The van der Waals surface area contributed by atoms with E-state index in [2.05, 4.69) is 43.2 Å². The third-order valence-corrected chi connectivity index (χ3v) is 3.89. The van der Waals surface area contributed by atoms with Gasteiger partial charge in [0.15, 0.2) is 0 Å². The molecule has 3 heteroatoms. The van der Waals surface area contributed by atoms with Gasteiger partial charge in [0, 0.05) is 20.1 Å². The van der Waals surface area contributed by atoms with E-state index in [4.69, 9.17) is 0 Å². The second-order valence-electron chi connectivity index (χ2n) is 6.60. The largest absolute Gasteiger partial charge is 0.381 e. The molecule has 1 saturated carbocycles. The molecule has 0 aromatic carbocycles. The Labute approximate surface area is 111 Å². The maximum absolute atomic E-state index is 4.45. The van der Waals surface area contributed by atoms with E-state index in [1.165, 1.54) is 12.8 Å². The summed E-state index contributed by atoms with van der Waals surface area (Å²) in [7, 11) is 4.02. The van der Waals surface area contributed by atoms with Crippen molar-refractivity contribution in [3.8, 4) is 0 Å². The normalized spacial score (nSPS) is 26.1. The van der Waals surface area contributed by atoms with Crippen LogP contribution >= 0.6 is 0 Å². The summed E-state index contributed by atoms with van der Waals surface area (Å²) in [5.41, 5.74) is 1.60. The molecule has 18 heavy (non-hydrogen) atoms. The van der Waals surface area contributed by atoms with Gasteiger partial charge in [-0.15, -0.1) is 0 Å². The van der Waals surface area contributed by atoms with Gasteiger partial charge in [0.1, 0.15) is 5.82 Å². The lowest BCUT2D eigenvalue weighted by molar-refractivity contribution is 0.366. The Morgan fingerprint density at radius 2 is 2.00 bits per heavy atom. The second-order valence-corrected chi connectivity index (χ2v) is 6.60. The SMILES string of the molecule is CC1CC(C)(C)CC1Nc1ccc(N(C)C)nc1. The summed E-state index contributed by atoms with van der Waals surface area (Å²) < 4.78 is 0. The third kappa shape index (κ3) is 2.95. The second kappa shape index (κ2) is 4.79. The van der Waals surface area contributed by atoms with Crippen LogP contribution in [0.15, 0.2) is 18.3 Å². The van der Waals surface area contributed by atoms with Crippen LogP contribution < -0.4 is 10.2 Å². The number of hydrogen-bond donors (Lipinski definition) is 1. The van der Waals surface area contributed by atoms with Crippen LogP contribution in [0.2, 0.25) is 0 Å². The van der Waals surface area contributed by atoms with Crippen molar-refractivity contribution in [3.63, 3.8) is 0 Å². The summed E-state index contributed by atoms with van der Waals surface area (Å²) >= 11 is 0. The smallest absolute Gasteiger partial charge is 0.128 e. The zero-order chi connectivity index (χ0) is 13.3. The molecule has 2 atom stereocenters. The molecule has 0 bridgehead atoms. The molecule has 100 valence electrons. The molecular formula is C15H25N3. The van der Waals surface area contributed by atoms with Crippen LogP contribution in [0.25, 0.3) is 0 Å². The fourth-order valence-corrected chi connectivity index (χ4v) is 3.04. The average molecular weight is 247 g/mol. The van der Waals surface area contributed by atoms with E-state index >= 15 is 0 Å². The zero-order valence-corrected chi connectivity index (χ0v) is 12.2. The first-order chi connectivity index (χ1) is 8.37.